The molecule has 2 atom stereocenters. The van der Waals surface area contributed by atoms with Crippen LogP contribution in [0.15, 0.2) is 60.7 Å². The molecule has 0 aliphatic rings. The molecule has 0 amide bonds. The molecule has 0 fully saturated rings. The minimum absolute atomic E-state index is 0.00710. The Morgan fingerprint density at radius 3 is 1.38 bits per heavy atom. The first kappa shape index (κ1) is 21.8. The molecule has 0 spiro atoms. The molecule has 0 saturated carbocycles. The second-order valence-electron chi connectivity index (χ2n) is 5.53. The van der Waals surface area contributed by atoms with Gasteiger partial charge in [-0.3, -0.25) is 0 Å². The van der Waals surface area contributed by atoms with Gasteiger partial charge in [-0.05, 0) is 0 Å². The summed E-state index contributed by atoms with van der Waals surface area (Å²) in [6, 6.07) is 19.8. The number of hydrogen-bond acceptors (Lipinski definition) is 4. The fourth-order valence-electron chi connectivity index (χ4n) is 2.03. The number of methoxy groups -OCH3 is 2. The predicted molar refractivity (Wildman–Crippen MR) is 107 cm³/mol. The van der Waals surface area contributed by atoms with Crippen LogP contribution in [0.2, 0.25) is 8.94 Å². The Labute approximate surface area is 172 Å². The van der Waals surface area contributed by atoms with Crippen LogP contribution in [0.3, 0.4) is 0 Å². The van der Waals surface area contributed by atoms with E-state index in [1.807, 2.05) is 60.7 Å². The summed E-state index contributed by atoms with van der Waals surface area (Å²) in [6.45, 7) is 1.26. The van der Waals surface area contributed by atoms with Crippen LogP contribution in [-0.4, -0.2) is 73.8 Å². The molecule has 142 valence electrons. The van der Waals surface area contributed by atoms with Gasteiger partial charge in [0.2, 0.25) is 0 Å². The summed E-state index contributed by atoms with van der Waals surface area (Å²) in [5.41, 5.74) is 0. The van der Waals surface area contributed by atoms with E-state index in [0.717, 1.165) is 20.4 Å². The minimum atomic E-state index is -0.00710. The third-order valence-corrected chi connectivity index (χ3v) is 15.4. The summed E-state index contributed by atoms with van der Waals surface area (Å²) in [5, 5.41) is 0. The first-order chi connectivity index (χ1) is 12.8. The Kier molecular flexibility index (Phi) is 11.5. The van der Waals surface area contributed by atoms with Crippen molar-refractivity contribution in [3.05, 3.63) is 60.7 Å². The maximum atomic E-state index is 5.81. The Morgan fingerprint density at radius 1 is 0.654 bits per heavy atom. The van der Waals surface area contributed by atoms with Gasteiger partial charge in [0.05, 0.1) is 0 Å². The van der Waals surface area contributed by atoms with Gasteiger partial charge in [-0.2, -0.15) is 0 Å². The Bertz CT molecular complexity index is 529. The van der Waals surface area contributed by atoms with E-state index in [9.17, 15) is 0 Å². The van der Waals surface area contributed by atoms with Crippen LogP contribution in [0.1, 0.15) is 0 Å². The number of ether oxygens (including phenoxy) is 4. The van der Waals surface area contributed by atoms with Crippen LogP contribution in [0.25, 0.3) is 0 Å². The van der Waals surface area contributed by atoms with E-state index >= 15 is 0 Å². The fraction of sp³-hybridized carbons (Fsp3) is 0.400. The van der Waals surface area contributed by atoms with Crippen molar-refractivity contribution in [2.75, 3.05) is 27.4 Å². The molecule has 0 bridgehead atoms. The first-order valence-electron chi connectivity index (χ1n) is 8.47. The SMILES string of the molecule is COC(COc1ccccc1)C[Te][Te]CC(COc1ccccc1)OC. The summed E-state index contributed by atoms with van der Waals surface area (Å²) >= 11 is -0.0142. The number of hydrogen-bond donors (Lipinski definition) is 0. The van der Waals surface area contributed by atoms with Gasteiger partial charge in [-0.25, -0.2) is 0 Å². The van der Waals surface area contributed by atoms with Gasteiger partial charge in [0.25, 0.3) is 0 Å². The third kappa shape index (κ3) is 8.96. The molecule has 0 aromatic heterocycles. The van der Waals surface area contributed by atoms with E-state index in [1.165, 1.54) is 0 Å². The zero-order valence-corrected chi connectivity index (χ0v) is 19.9. The normalized spacial score (nSPS) is 13.2. The van der Waals surface area contributed by atoms with Crippen LogP contribution in [0.4, 0.5) is 0 Å². The summed E-state index contributed by atoms with van der Waals surface area (Å²) in [4.78, 5) is 0. The van der Waals surface area contributed by atoms with Crippen LogP contribution >= 0.6 is 0 Å². The molecular formula is C20H26O4Te2. The molecule has 26 heavy (non-hydrogen) atoms. The summed E-state index contributed by atoms with van der Waals surface area (Å²) < 4.78 is 25.1. The molecule has 0 N–H and O–H groups in total. The molecular weight excluding hydrogens is 559 g/mol. The van der Waals surface area contributed by atoms with E-state index in [2.05, 4.69) is 0 Å². The van der Waals surface area contributed by atoms with Crippen molar-refractivity contribution in [1.82, 2.24) is 0 Å². The maximum absolute atomic E-state index is 5.81. The topological polar surface area (TPSA) is 36.9 Å². The van der Waals surface area contributed by atoms with Crippen molar-refractivity contribution in [3.63, 3.8) is 0 Å². The summed E-state index contributed by atoms with van der Waals surface area (Å²) in [7, 11) is 3.55. The first-order valence-corrected chi connectivity index (χ1v) is 19.1. The second kappa shape index (κ2) is 13.7. The van der Waals surface area contributed by atoms with Crippen molar-refractivity contribution >= 4 is 34.1 Å². The molecule has 2 rings (SSSR count). The van der Waals surface area contributed by atoms with Gasteiger partial charge in [0.1, 0.15) is 0 Å². The van der Waals surface area contributed by atoms with Crippen molar-refractivity contribution < 1.29 is 18.9 Å². The third-order valence-electron chi connectivity index (χ3n) is 3.62. The molecule has 0 aliphatic heterocycles. The summed E-state index contributed by atoms with van der Waals surface area (Å²) in [5.74, 6) is 1.81. The molecule has 0 saturated heterocycles. The average molecular weight is 586 g/mol. The van der Waals surface area contributed by atoms with Gasteiger partial charge in [0, 0.05) is 0 Å². The summed E-state index contributed by atoms with van der Waals surface area (Å²) in [6.07, 6.45) is 0.397. The van der Waals surface area contributed by atoms with Gasteiger partial charge >= 0.3 is 174 Å². The molecule has 0 heterocycles. The Balaban J connectivity index is 1.60. The van der Waals surface area contributed by atoms with Crippen LogP contribution < -0.4 is 9.47 Å². The zero-order chi connectivity index (χ0) is 18.5. The van der Waals surface area contributed by atoms with Crippen molar-refractivity contribution in [1.29, 1.82) is 0 Å². The predicted octanol–water partition coefficient (Wildman–Crippen LogP) is 3.33. The van der Waals surface area contributed by atoms with E-state index in [0.29, 0.717) is 13.2 Å². The molecule has 4 nitrogen and oxygen atoms in total. The Morgan fingerprint density at radius 2 is 1.04 bits per heavy atom. The molecule has 0 aliphatic carbocycles. The number of para-hydroxylation sites is 2. The quantitative estimate of drug-likeness (QED) is 0.267. The van der Waals surface area contributed by atoms with Crippen LogP contribution in [0.5, 0.6) is 11.5 Å². The molecule has 6 heteroatoms. The van der Waals surface area contributed by atoms with E-state index in [-0.39, 0.29) is 46.3 Å². The van der Waals surface area contributed by atoms with Gasteiger partial charge in [-0.1, -0.05) is 0 Å². The fourth-order valence-corrected chi connectivity index (χ4v) is 14.3. The van der Waals surface area contributed by atoms with E-state index in [1.54, 1.807) is 14.2 Å². The van der Waals surface area contributed by atoms with Crippen LogP contribution in [0, 0.1) is 0 Å². The van der Waals surface area contributed by atoms with E-state index < -0.39 is 0 Å². The molecule has 0 radical (unpaired) electrons. The monoisotopic (exact) mass is 590 g/mol. The van der Waals surface area contributed by atoms with E-state index in [4.69, 9.17) is 18.9 Å². The molecule has 2 aromatic rings. The zero-order valence-electron chi connectivity index (χ0n) is 15.2. The Hall–Kier alpha value is -0.461. The van der Waals surface area contributed by atoms with Gasteiger partial charge in [0.15, 0.2) is 0 Å². The van der Waals surface area contributed by atoms with Gasteiger partial charge < -0.3 is 0 Å². The van der Waals surface area contributed by atoms with Crippen LogP contribution in [-0.2, 0) is 9.47 Å². The van der Waals surface area contributed by atoms with Gasteiger partial charge in [-0.15, -0.1) is 0 Å². The standard InChI is InChI=1S/C20H26O4Te2/c1-21-19(13-23-17-9-5-3-6-10-17)15-25-26-16-20(22-2)14-24-18-11-7-4-8-12-18/h3-12,19-20H,13-16H2,1-2H3. The average Bonchev–Trinajstić information content (AvgIpc) is 2.71. The number of benzene rings is 2. The number of rotatable bonds is 13. The second-order valence-corrected chi connectivity index (χ2v) is 17.8. The van der Waals surface area contributed by atoms with Crippen molar-refractivity contribution in [3.8, 4) is 11.5 Å². The van der Waals surface area contributed by atoms with Crippen molar-refractivity contribution in [2.24, 2.45) is 0 Å². The van der Waals surface area contributed by atoms with Crippen molar-refractivity contribution in [2.45, 2.75) is 21.1 Å². The molecule has 2 aromatic carbocycles. The molecule has 2 unspecified atom stereocenters.